The average molecular weight is 622 g/mol. The normalized spacial score (nSPS) is 12.7. The van der Waals surface area contributed by atoms with Gasteiger partial charge in [0.25, 0.3) is 0 Å². The molecule has 0 aromatic heterocycles. The third kappa shape index (κ3) is 21.8. The van der Waals surface area contributed by atoms with Crippen LogP contribution >= 0.6 is 0 Å². The van der Waals surface area contributed by atoms with Crippen LogP contribution < -0.4 is 20.5 Å². The summed E-state index contributed by atoms with van der Waals surface area (Å²) in [6.45, 7) is 12.3. The van der Waals surface area contributed by atoms with Gasteiger partial charge in [0.1, 0.15) is 35.6 Å². The minimum Gasteiger partial charge on any atom is -0.542 e. The number of alkyl carbamates (subject to hydrolysis) is 1. The Morgan fingerprint density at radius 2 is 1.42 bits per heavy atom. The first-order valence-electron chi connectivity index (χ1n) is 13.7. The second-order valence-corrected chi connectivity index (χ2v) is 12.7. The van der Waals surface area contributed by atoms with E-state index in [1.165, 1.54) is 0 Å². The lowest BCUT2D eigenvalue weighted by atomic mass is 10.1. The van der Waals surface area contributed by atoms with Gasteiger partial charge in [-0.1, -0.05) is 12.1 Å². The number of hydrogen-bond acceptors (Lipinski definition) is 8. The summed E-state index contributed by atoms with van der Waals surface area (Å²) in [5, 5.41) is 14.3. The number of quaternary nitrogens is 1. The van der Waals surface area contributed by atoms with Gasteiger partial charge in [-0.25, -0.2) is 9.59 Å². The van der Waals surface area contributed by atoms with Gasteiger partial charge in [-0.3, -0.25) is 4.79 Å². The van der Waals surface area contributed by atoms with Crippen LogP contribution in [0.3, 0.4) is 0 Å². The zero-order chi connectivity index (χ0) is 33.6. The molecule has 11 nitrogen and oxygen atoms in total. The molecule has 0 unspecified atom stereocenters. The highest BCUT2D eigenvalue weighted by molar-refractivity contribution is 5.82. The molecule has 1 atom stereocenters. The van der Waals surface area contributed by atoms with E-state index in [2.05, 4.69) is 31.8 Å². The smallest absolute Gasteiger partial charge is 0.430 e. The van der Waals surface area contributed by atoms with E-state index >= 15 is 0 Å². The monoisotopic (exact) mass is 621 g/mol. The molecule has 0 aliphatic heterocycles. The predicted octanol–water partition coefficient (Wildman–Crippen LogP) is 2.74. The number of nitrogens with zero attached hydrogens (tertiary/aromatic N) is 1. The zero-order valence-corrected chi connectivity index (χ0v) is 26.5. The van der Waals surface area contributed by atoms with Crippen LogP contribution in [-0.2, 0) is 30.3 Å². The van der Waals surface area contributed by atoms with Crippen LogP contribution in [0.1, 0.15) is 59.9 Å². The SMILES string of the molecule is CC(C)(C)OC(=O)N[C@@H](Cc1ccc(OCCNC(=O)CCC[N+](C)(C)C)cc1)C(=O)OC(C)(C)C.O=C([O-])C(F)(F)F. The Kier molecular flexibility index (Phi) is 15.5. The van der Waals surface area contributed by atoms with Gasteiger partial charge in [0.05, 0.1) is 34.2 Å². The summed E-state index contributed by atoms with van der Waals surface area (Å²) in [5.41, 5.74) is -0.559. The molecule has 2 amide bonds. The van der Waals surface area contributed by atoms with Gasteiger partial charge in [-0.05, 0) is 59.2 Å². The van der Waals surface area contributed by atoms with E-state index in [0.717, 1.165) is 23.0 Å². The quantitative estimate of drug-likeness (QED) is 0.206. The van der Waals surface area contributed by atoms with Crippen molar-refractivity contribution in [3.63, 3.8) is 0 Å². The number of carboxylic acids is 1. The number of carbonyl (C=O) groups excluding carboxylic acids is 4. The van der Waals surface area contributed by atoms with Crippen molar-refractivity contribution >= 4 is 23.9 Å². The van der Waals surface area contributed by atoms with E-state index in [4.69, 9.17) is 24.1 Å². The first kappa shape index (κ1) is 39.5. The summed E-state index contributed by atoms with van der Waals surface area (Å²) in [7, 11) is 6.31. The van der Waals surface area contributed by atoms with Crippen LogP contribution in [0.25, 0.3) is 0 Å². The number of amides is 2. The molecule has 0 saturated heterocycles. The van der Waals surface area contributed by atoms with Gasteiger partial charge in [0.2, 0.25) is 5.91 Å². The fourth-order valence-corrected chi connectivity index (χ4v) is 3.14. The number of benzene rings is 1. The number of halogens is 3. The predicted molar refractivity (Wildman–Crippen MR) is 151 cm³/mol. The fraction of sp³-hybridized carbons (Fsp3) is 0.655. The Morgan fingerprint density at radius 1 is 0.907 bits per heavy atom. The third-order valence-electron chi connectivity index (χ3n) is 4.90. The summed E-state index contributed by atoms with van der Waals surface area (Å²) < 4.78 is 48.9. The van der Waals surface area contributed by atoms with Gasteiger partial charge < -0.3 is 39.2 Å². The van der Waals surface area contributed by atoms with Crippen molar-refractivity contribution in [2.24, 2.45) is 0 Å². The van der Waals surface area contributed by atoms with Crippen molar-refractivity contribution in [1.29, 1.82) is 0 Å². The number of carbonyl (C=O) groups is 4. The van der Waals surface area contributed by atoms with Crippen LogP contribution in [0.2, 0.25) is 0 Å². The molecule has 246 valence electrons. The van der Waals surface area contributed by atoms with E-state index < -0.39 is 41.5 Å². The number of hydrogen-bond donors (Lipinski definition) is 2. The lowest BCUT2D eigenvalue weighted by molar-refractivity contribution is -0.870. The molecule has 2 N–H and O–H groups in total. The van der Waals surface area contributed by atoms with Crippen molar-refractivity contribution in [2.75, 3.05) is 40.8 Å². The molecule has 0 radical (unpaired) electrons. The number of rotatable bonds is 12. The summed E-state index contributed by atoms with van der Waals surface area (Å²) >= 11 is 0. The summed E-state index contributed by atoms with van der Waals surface area (Å²) in [6, 6.07) is 6.33. The highest BCUT2D eigenvalue weighted by atomic mass is 19.4. The van der Waals surface area contributed by atoms with Crippen molar-refractivity contribution in [3.8, 4) is 5.75 Å². The number of carboxylic acid groups (broad SMARTS) is 1. The molecule has 0 fully saturated rings. The second-order valence-electron chi connectivity index (χ2n) is 12.7. The van der Waals surface area contributed by atoms with Crippen molar-refractivity contribution in [2.45, 2.75) is 84.2 Å². The molecular weight excluding hydrogens is 575 g/mol. The Hall–Kier alpha value is -3.55. The molecule has 0 aliphatic rings. The van der Waals surface area contributed by atoms with E-state index in [0.29, 0.717) is 25.3 Å². The van der Waals surface area contributed by atoms with E-state index in [9.17, 15) is 27.6 Å². The Balaban J connectivity index is 0.00000223. The largest absolute Gasteiger partial charge is 0.542 e. The maximum atomic E-state index is 12.7. The molecule has 0 heterocycles. The number of esters is 1. The second kappa shape index (κ2) is 16.9. The first-order chi connectivity index (χ1) is 19.4. The van der Waals surface area contributed by atoms with Crippen LogP contribution in [-0.4, -0.2) is 92.7 Å². The molecule has 0 spiro atoms. The molecule has 1 aromatic rings. The van der Waals surface area contributed by atoms with Crippen molar-refractivity contribution in [3.05, 3.63) is 29.8 Å². The molecule has 43 heavy (non-hydrogen) atoms. The summed E-state index contributed by atoms with van der Waals surface area (Å²) in [5.74, 6) is -2.88. The van der Waals surface area contributed by atoms with Gasteiger partial charge in [-0.2, -0.15) is 13.2 Å². The van der Waals surface area contributed by atoms with Gasteiger partial charge in [0.15, 0.2) is 0 Å². The van der Waals surface area contributed by atoms with Crippen LogP contribution in [0.5, 0.6) is 5.75 Å². The van der Waals surface area contributed by atoms with E-state index in [1.54, 1.807) is 53.7 Å². The van der Waals surface area contributed by atoms with E-state index in [-0.39, 0.29) is 12.3 Å². The van der Waals surface area contributed by atoms with E-state index in [1.807, 2.05) is 12.1 Å². The summed E-state index contributed by atoms with van der Waals surface area (Å²) in [4.78, 5) is 45.7. The fourth-order valence-electron chi connectivity index (χ4n) is 3.14. The summed E-state index contributed by atoms with van der Waals surface area (Å²) in [6.07, 6.45) is -4.30. The lowest BCUT2D eigenvalue weighted by Crippen LogP contribution is -2.47. The van der Waals surface area contributed by atoms with Crippen LogP contribution in [0.15, 0.2) is 24.3 Å². The third-order valence-corrected chi connectivity index (χ3v) is 4.90. The van der Waals surface area contributed by atoms with Gasteiger partial charge in [-0.15, -0.1) is 0 Å². The number of nitrogens with one attached hydrogen (secondary N) is 2. The Bertz CT molecular complexity index is 1040. The molecule has 0 saturated carbocycles. The lowest BCUT2D eigenvalue weighted by Gasteiger charge is -2.26. The maximum Gasteiger partial charge on any atom is 0.430 e. The average Bonchev–Trinajstić information content (AvgIpc) is 2.79. The van der Waals surface area contributed by atoms with Crippen LogP contribution in [0, 0.1) is 0 Å². The minimum absolute atomic E-state index is 0.0214. The molecule has 1 rings (SSSR count). The number of aliphatic carboxylic acids is 1. The number of alkyl halides is 3. The minimum atomic E-state index is -5.19. The van der Waals surface area contributed by atoms with Gasteiger partial charge >= 0.3 is 18.2 Å². The topological polar surface area (TPSA) is 143 Å². The zero-order valence-electron chi connectivity index (χ0n) is 26.5. The first-order valence-corrected chi connectivity index (χ1v) is 13.7. The molecule has 0 bridgehead atoms. The maximum absolute atomic E-state index is 12.7. The van der Waals surface area contributed by atoms with Crippen LogP contribution in [0.4, 0.5) is 18.0 Å². The molecular formula is C29H46F3N3O8. The Labute approximate surface area is 251 Å². The standard InChI is InChI=1S/C27H45N3O6.C2HF3O2/c1-26(2,3)35-24(32)22(29-25(33)36-27(4,5)6)19-20-12-14-21(15-13-20)34-18-16-28-23(31)11-10-17-30(7,8)9;3-2(4,5)1(6)7/h12-15,22H,10-11,16-19H2,1-9H3,(H-,28,29,31,33);(H,6,7)/t22-;/m0./s1. The van der Waals surface area contributed by atoms with Gasteiger partial charge in [0, 0.05) is 19.3 Å². The molecule has 1 aromatic carbocycles. The highest BCUT2D eigenvalue weighted by Gasteiger charge is 2.29. The Morgan fingerprint density at radius 3 is 1.86 bits per heavy atom. The number of ether oxygens (including phenoxy) is 3. The molecule has 0 aliphatic carbocycles. The van der Waals surface area contributed by atoms with Crippen molar-refractivity contribution < 1.29 is 56.1 Å². The molecule has 14 heteroatoms. The highest BCUT2D eigenvalue weighted by Crippen LogP contribution is 2.16. The van der Waals surface area contributed by atoms with Crippen molar-refractivity contribution in [1.82, 2.24) is 10.6 Å².